The maximum Gasteiger partial charge on any atom is 0.242 e. The van der Waals surface area contributed by atoms with E-state index in [1.165, 1.54) is 4.90 Å². The molecule has 0 saturated carbocycles. The van der Waals surface area contributed by atoms with Gasteiger partial charge in [0.05, 0.1) is 10.0 Å². The molecule has 2 atom stereocenters. The molecule has 1 N–H and O–H groups in total. The zero-order valence-corrected chi connectivity index (χ0v) is 13.3. The van der Waals surface area contributed by atoms with Crippen LogP contribution < -0.4 is 4.72 Å². The Morgan fingerprint density at radius 1 is 1.43 bits per heavy atom. The van der Waals surface area contributed by atoms with Crippen molar-refractivity contribution in [3.8, 4) is 6.19 Å². The van der Waals surface area contributed by atoms with Crippen molar-refractivity contribution in [1.82, 2.24) is 9.62 Å². The minimum atomic E-state index is -3.94. The molecule has 1 fully saturated rings. The van der Waals surface area contributed by atoms with Crippen LogP contribution >= 0.6 is 23.2 Å². The first-order valence-corrected chi connectivity index (χ1v) is 8.31. The Morgan fingerprint density at radius 3 is 2.67 bits per heavy atom. The minimum Gasteiger partial charge on any atom is -0.306 e. The molecular weight excluding hydrogens is 340 g/mol. The van der Waals surface area contributed by atoms with E-state index in [2.05, 4.69) is 4.72 Å². The van der Waals surface area contributed by atoms with Gasteiger partial charge in [0.15, 0.2) is 6.19 Å². The predicted molar refractivity (Wildman–Crippen MR) is 76.9 cm³/mol. The summed E-state index contributed by atoms with van der Waals surface area (Å²) in [6.45, 7) is 2.11. The van der Waals surface area contributed by atoms with Crippen molar-refractivity contribution >= 4 is 33.2 Å². The average Bonchev–Trinajstić information content (AvgIpc) is 2.72. The summed E-state index contributed by atoms with van der Waals surface area (Å²) in [5.41, 5.74) is 0. The van der Waals surface area contributed by atoms with E-state index < -0.39 is 21.9 Å². The standard InChI is InChI=1S/C12H12Cl2FN3O2S/c1-7-2-8(5-18(7)6-16)17-21(19,20)12-4-9(13)11(15)3-10(12)14/h3-4,7-8,17H,2,5H2,1H3/t7-,8+/m0/s1. The zero-order chi connectivity index (χ0) is 15.8. The molecule has 1 heterocycles. The molecule has 1 aromatic carbocycles. The summed E-state index contributed by atoms with van der Waals surface area (Å²) in [5, 5.41) is 8.34. The zero-order valence-electron chi connectivity index (χ0n) is 11.0. The van der Waals surface area contributed by atoms with E-state index in [0.29, 0.717) is 6.42 Å². The smallest absolute Gasteiger partial charge is 0.242 e. The molecule has 21 heavy (non-hydrogen) atoms. The highest BCUT2D eigenvalue weighted by molar-refractivity contribution is 7.89. The summed E-state index contributed by atoms with van der Waals surface area (Å²) in [4.78, 5) is 1.21. The summed E-state index contributed by atoms with van der Waals surface area (Å²) in [6.07, 6.45) is 2.50. The number of nitrogens with zero attached hydrogens (tertiary/aromatic N) is 2. The molecule has 0 aliphatic carbocycles. The minimum absolute atomic E-state index is 0.0463. The van der Waals surface area contributed by atoms with Crippen LogP contribution in [0.4, 0.5) is 4.39 Å². The molecule has 0 spiro atoms. The van der Waals surface area contributed by atoms with Crippen LogP contribution in [0, 0.1) is 17.3 Å². The SMILES string of the molecule is C[C@H]1C[C@@H](NS(=O)(=O)c2cc(Cl)c(F)cc2Cl)CN1C#N. The maximum absolute atomic E-state index is 13.2. The third-order valence-corrected chi connectivity index (χ3v) is 5.56. The molecule has 1 aromatic rings. The molecule has 1 aliphatic heterocycles. The highest BCUT2D eigenvalue weighted by Gasteiger charge is 2.32. The number of benzene rings is 1. The van der Waals surface area contributed by atoms with Crippen molar-refractivity contribution in [2.24, 2.45) is 0 Å². The van der Waals surface area contributed by atoms with Crippen LogP contribution in [-0.2, 0) is 10.0 Å². The fourth-order valence-corrected chi connectivity index (χ4v) is 4.26. The highest BCUT2D eigenvalue weighted by Crippen LogP contribution is 2.28. The highest BCUT2D eigenvalue weighted by atomic mass is 35.5. The van der Waals surface area contributed by atoms with E-state index in [0.717, 1.165) is 12.1 Å². The van der Waals surface area contributed by atoms with E-state index in [1.54, 1.807) is 0 Å². The van der Waals surface area contributed by atoms with Crippen molar-refractivity contribution < 1.29 is 12.8 Å². The predicted octanol–water partition coefficient (Wildman–Crippen LogP) is 2.35. The largest absolute Gasteiger partial charge is 0.306 e. The number of likely N-dealkylation sites (tertiary alicyclic amines) is 1. The van der Waals surface area contributed by atoms with Gasteiger partial charge in [-0.15, -0.1) is 0 Å². The average molecular weight is 352 g/mol. The first-order chi connectivity index (χ1) is 9.74. The second kappa shape index (κ2) is 5.97. The summed E-state index contributed by atoms with van der Waals surface area (Å²) in [5.74, 6) is -0.786. The van der Waals surface area contributed by atoms with Crippen LogP contribution in [0.25, 0.3) is 0 Å². The van der Waals surface area contributed by atoms with E-state index in [4.69, 9.17) is 28.5 Å². The Kier molecular flexibility index (Phi) is 4.63. The molecule has 0 aromatic heterocycles. The summed E-state index contributed by atoms with van der Waals surface area (Å²) < 4.78 is 40.3. The van der Waals surface area contributed by atoms with Gasteiger partial charge in [-0.05, 0) is 25.5 Å². The van der Waals surface area contributed by atoms with E-state index in [1.807, 2.05) is 13.1 Å². The Hall–Kier alpha value is -1.07. The third-order valence-electron chi connectivity index (χ3n) is 3.29. The molecular formula is C12H12Cl2FN3O2S. The number of rotatable bonds is 3. The molecule has 0 amide bonds. The van der Waals surface area contributed by atoms with Crippen molar-refractivity contribution in [2.75, 3.05) is 6.54 Å². The normalized spacial score (nSPS) is 22.3. The number of sulfonamides is 1. The quantitative estimate of drug-likeness (QED) is 0.670. The maximum atomic E-state index is 13.2. The monoisotopic (exact) mass is 351 g/mol. The van der Waals surface area contributed by atoms with Crippen LogP contribution in [0.3, 0.4) is 0 Å². The number of hydrogen-bond acceptors (Lipinski definition) is 4. The van der Waals surface area contributed by atoms with Crippen molar-refractivity contribution in [2.45, 2.75) is 30.3 Å². The Morgan fingerprint density at radius 2 is 2.10 bits per heavy atom. The topological polar surface area (TPSA) is 73.2 Å². The molecule has 0 bridgehead atoms. The molecule has 5 nitrogen and oxygen atoms in total. The molecule has 1 saturated heterocycles. The van der Waals surface area contributed by atoms with Crippen LogP contribution in [0.2, 0.25) is 10.0 Å². The lowest BCUT2D eigenvalue weighted by Gasteiger charge is -2.14. The Labute approximate surface area is 132 Å². The van der Waals surface area contributed by atoms with E-state index in [-0.39, 0.29) is 27.5 Å². The number of nitriles is 1. The first-order valence-electron chi connectivity index (χ1n) is 6.08. The molecule has 1 aliphatic rings. The number of halogens is 3. The summed E-state index contributed by atoms with van der Waals surface area (Å²) >= 11 is 11.4. The van der Waals surface area contributed by atoms with Gasteiger partial charge < -0.3 is 4.90 Å². The van der Waals surface area contributed by atoms with Crippen molar-refractivity contribution in [3.63, 3.8) is 0 Å². The van der Waals surface area contributed by atoms with Gasteiger partial charge >= 0.3 is 0 Å². The summed E-state index contributed by atoms with van der Waals surface area (Å²) in [6, 6.07) is 1.37. The number of nitrogens with one attached hydrogen (secondary N) is 1. The van der Waals surface area contributed by atoms with Crippen LogP contribution in [0.5, 0.6) is 0 Å². The van der Waals surface area contributed by atoms with Gasteiger partial charge in [-0.3, -0.25) is 0 Å². The van der Waals surface area contributed by atoms with Gasteiger partial charge in [0.25, 0.3) is 0 Å². The molecule has 114 valence electrons. The Balaban J connectivity index is 2.24. The second-order valence-corrected chi connectivity index (χ2v) is 7.35. The fourth-order valence-electron chi connectivity index (χ4n) is 2.25. The summed E-state index contributed by atoms with van der Waals surface area (Å²) in [7, 11) is -3.94. The number of hydrogen-bond donors (Lipinski definition) is 1. The van der Waals surface area contributed by atoms with Crippen LogP contribution in [0.1, 0.15) is 13.3 Å². The fraction of sp³-hybridized carbons (Fsp3) is 0.417. The van der Waals surface area contributed by atoms with Gasteiger partial charge in [-0.25, -0.2) is 17.5 Å². The third kappa shape index (κ3) is 3.40. The van der Waals surface area contributed by atoms with Gasteiger partial charge in [0.2, 0.25) is 10.0 Å². The van der Waals surface area contributed by atoms with Gasteiger partial charge in [-0.2, -0.15) is 5.26 Å². The lowest BCUT2D eigenvalue weighted by Crippen LogP contribution is -2.36. The van der Waals surface area contributed by atoms with Crippen LogP contribution in [0.15, 0.2) is 17.0 Å². The van der Waals surface area contributed by atoms with Gasteiger partial charge in [0.1, 0.15) is 10.7 Å². The van der Waals surface area contributed by atoms with Crippen molar-refractivity contribution in [1.29, 1.82) is 5.26 Å². The van der Waals surface area contributed by atoms with E-state index >= 15 is 0 Å². The van der Waals surface area contributed by atoms with Crippen LogP contribution in [-0.4, -0.2) is 31.9 Å². The lowest BCUT2D eigenvalue weighted by molar-refractivity contribution is 0.386. The molecule has 0 unspecified atom stereocenters. The molecule has 9 heteroatoms. The first kappa shape index (κ1) is 16.3. The van der Waals surface area contributed by atoms with Gasteiger partial charge in [0, 0.05) is 18.6 Å². The molecule has 0 radical (unpaired) electrons. The Bertz CT molecular complexity index is 705. The van der Waals surface area contributed by atoms with Crippen molar-refractivity contribution in [3.05, 3.63) is 28.0 Å². The van der Waals surface area contributed by atoms with Gasteiger partial charge in [-0.1, -0.05) is 23.2 Å². The molecule has 2 rings (SSSR count). The van der Waals surface area contributed by atoms with E-state index in [9.17, 15) is 12.8 Å². The lowest BCUT2D eigenvalue weighted by atomic mass is 10.2. The second-order valence-electron chi connectivity index (χ2n) is 4.85.